The molecule has 7 nitrogen and oxygen atoms in total. The highest BCUT2D eigenvalue weighted by molar-refractivity contribution is 5.92. The normalized spacial score (nSPS) is 13.1. The lowest BCUT2D eigenvalue weighted by molar-refractivity contribution is -0.143. The van der Waals surface area contributed by atoms with Crippen molar-refractivity contribution in [3.8, 4) is 0 Å². The predicted octanol–water partition coefficient (Wildman–Crippen LogP) is 7.00. The Morgan fingerprint density at radius 1 is 0.923 bits per heavy atom. The Bertz CT molecular complexity index is 907. The van der Waals surface area contributed by atoms with Gasteiger partial charge in [-0.05, 0) is 70.1 Å². The van der Waals surface area contributed by atoms with Crippen LogP contribution in [-0.2, 0) is 14.3 Å². The van der Waals surface area contributed by atoms with Crippen LogP contribution in [0, 0.1) is 19.8 Å². The number of hydrogen-bond acceptors (Lipinski definition) is 4. The minimum Gasteiger partial charge on any atom is -0.444 e. The van der Waals surface area contributed by atoms with E-state index in [4.69, 9.17) is 4.74 Å². The third kappa shape index (κ3) is 12.0. The maximum atomic E-state index is 14.3. The Labute approximate surface area is 237 Å². The molecule has 2 N–H and O–H groups in total. The van der Waals surface area contributed by atoms with Gasteiger partial charge >= 0.3 is 6.09 Å². The molecule has 0 aliphatic rings. The minimum atomic E-state index is -0.823. The Hall–Kier alpha value is -2.57. The molecule has 0 aliphatic heterocycles. The number of benzene rings is 1. The highest BCUT2D eigenvalue weighted by Crippen LogP contribution is 2.29. The molecule has 0 aromatic heterocycles. The summed E-state index contributed by atoms with van der Waals surface area (Å²) in [6.07, 6.45) is 7.59. The lowest BCUT2D eigenvalue weighted by atomic mass is 9.93. The first-order valence-electron chi connectivity index (χ1n) is 15.0. The lowest BCUT2D eigenvalue weighted by Crippen LogP contribution is -2.55. The molecule has 39 heavy (non-hydrogen) atoms. The zero-order chi connectivity index (χ0) is 29.6. The lowest BCUT2D eigenvalue weighted by Gasteiger charge is -2.36. The van der Waals surface area contributed by atoms with Crippen molar-refractivity contribution in [3.63, 3.8) is 0 Å². The number of unbranched alkanes of at least 4 members (excludes halogenated alkanes) is 6. The van der Waals surface area contributed by atoms with Gasteiger partial charge in [0.1, 0.15) is 17.7 Å². The molecule has 222 valence electrons. The number of carbonyl (C=O) groups is 3. The molecule has 2 unspecified atom stereocenters. The number of amides is 3. The van der Waals surface area contributed by atoms with E-state index in [9.17, 15) is 14.4 Å². The molecule has 0 saturated carbocycles. The third-order valence-electron chi connectivity index (χ3n) is 6.97. The highest BCUT2D eigenvalue weighted by atomic mass is 16.6. The van der Waals surface area contributed by atoms with Crippen LogP contribution >= 0.6 is 0 Å². The SMILES string of the molecule is CCCCCCCCN(C(=O)C(NC(=O)OC(C)(C)C)C(C)C)C(C(=O)NCCCC)c1cccc(C)c1C. The molecule has 0 saturated heterocycles. The maximum Gasteiger partial charge on any atom is 0.408 e. The molecular formula is C32H55N3O4. The molecule has 1 aromatic carbocycles. The second-order valence-corrected chi connectivity index (χ2v) is 12.0. The topological polar surface area (TPSA) is 87.7 Å². The molecule has 1 aromatic rings. The van der Waals surface area contributed by atoms with E-state index in [0.717, 1.165) is 55.2 Å². The van der Waals surface area contributed by atoms with Gasteiger partial charge in [-0.15, -0.1) is 0 Å². The third-order valence-corrected chi connectivity index (χ3v) is 6.97. The van der Waals surface area contributed by atoms with Crippen LogP contribution in [0.1, 0.15) is 123 Å². The predicted molar refractivity (Wildman–Crippen MR) is 160 cm³/mol. The number of carbonyl (C=O) groups excluding carboxylic acids is 3. The Balaban J connectivity index is 3.46. The van der Waals surface area contributed by atoms with E-state index in [1.54, 1.807) is 25.7 Å². The summed E-state index contributed by atoms with van der Waals surface area (Å²) in [4.78, 5) is 42.5. The molecular weight excluding hydrogens is 490 g/mol. The van der Waals surface area contributed by atoms with Gasteiger partial charge in [0.25, 0.3) is 0 Å². The van der Waals surface area contributed by atoms with Crippen LogP contribution in [-0.4, -0.2) is 47.5 Å². The fourth-order valence-electron chi connectivity index (χ4n) is 4.56. The van der Waals surface area contributed by atoms with Crippen LogP contribution in [0.3, 0.4) is 0 Å². The van der Waals surface area contributed by atoms with Gasteiger partial charge < -0.3 is 20.3 Å². The van der Waals surface area contributed by atoms with Gasteiger partial charge in [0, 0.05) is 13.1 Å². The monoisotopic (exact) mass is 545 g/mol. The van der Waals surface area contributed by atoms with E-state index in [-0.39, 0.29) is 17.7 Å². The maximum absolute atomic E-state index is 14.3. The van der Waals surface area contributed by atoms with Crippen LogP contribution in [0.5, 0.6) is 0 Å². The van der Waals surface area contributed by atoms with Crippen LogP contribution in [0.2, 0.25) is 0 Å². The van der Waals surface area contributed by atoms with Crippen molar-refractivity contribution in [3.05, 3.63) is 34.9 Å². The van der Waals surface area contributed by atoms with Gasteiger partial charge in [-0.2, -0.15) is 0 Å². The van der Waals surface area contributed by atoms with Gasteiger partial charge in [-0.3, -0.25) is 9.59 Å². The van der Waals surface area contributed by atoms with Crippen LogP contribution in [0.15, 0.2) is 18.2 Å². The van der Waals surface area contributed by atoms with E-state index in [0.29, 0.717) is 13.1 Å². The highest BCUT2D eigenvalue weighted by Gasteiger charge is 2.37. The van der Waals surface area contributed by atoms with Crippen molar-refractivity contribution in [2.45, 2.75) is 131 Å². The smallest absolute Gasteiger partial charge is 0.408 e. The first-order chi connectivity index (χ1) is 18.3. The van der Waals surface area contributed by atoms with Crippen molar-refractivity contribution < 1.29 is 19.1 Å². The van der Waals surface area contributed by atoms with Crippen molar-refractivity contribution in [1.82, 2.24) is 15.5 Å². The molecule has 3 amide bonds. The number of alkyl carbamates (subject to hydrolysis) is 1. The van der Waals surface area contributed by atoms with Crippen molar-refractivity contribution in [1.29, 1.82) is 0 Å². The summed E-state index contributed by atoms with van der Waals surface area (Å²) in [5, 5.41) is 5.89. The van der Waals surface area contributed by atoms with Crippen LogP contribution in [0.25, 0.3) is 0 Å². The standard InChI is InChI=1S/C32H55N3O4/c1-10-12-14-15-16-17-22-35(30(37)27(23(3)4)34-31(38)39-32(7,8)9)28(29(36)33-21-13-11-2)26-20-18-19-24(5)25(26)6/h18-20,23,27-28H,10-17,21-22H2,1-9H3,(H,33,36)(H,34,38). The van der Waals surface area contributed by atoms with E-state index < -0.39 is 23.8 Å². The number of nitrogens with one attached hydrogen (secondary N) is 2. The molecule has 0 heterocycles. The van der Waals surface area contributed by atoms with Crippen LogP contribution in [0.4, 0.5) is 4.79 Å². The molecule has 1 rings (SSSR count). The summed E-state index contributed by atoms with van der Waals surface area (Å²) in [6, 6.07) is 4.30. The number of aryl methyl sites for hydroxylation is 1. The minimum absolute atomic E-state index is 0.184. The average molecular weight is 546 g/mol. The van der Waals surface area contributed by atoms with E-state index in [2.05, 4.69) is 24.5 Å². The molecule has 0 fully saturated rings. The summed E-state index contributed by atoms with van der Waals surface area (Å²) < 4.78 is 5.48. The van der Waals surface area contributed by atoms with E-state index in [1.165, 1.54) is 12.8 Å². The van der Waals surface area contributed by atoms with Gasteiger partial charge in [0.2, 0.25) is 11.8 Å². The quantitative estimate of drug-likeness (QED) is 0.219. The Kier molecular flexibility index (Phi) is 15.2. The van der Waals surface area contributed by atoms with Crippen molar-refractivity contribution in [2.24, 2.45) is 5.92 Å². The summed E-state index contributed by atoms with van der Waals surface area (Å²) in [6.45, 7) is 18.5. The summed E-state index contributed by atoms with van der Waals surface area (Å²) in [5.41, 5.74) is 2.20. The van der Waals surface area contributed by atoms with Crippen molar-refractivity contribution >= 4 is 17.9 Å². The molecule has 0 spiro atoms. The molecule has 0 bridgehead atoms. The van der Waals surface area contributed by atoms with Gasteiger partial charge in [-0.1, -0.05) is 84.4 Å². The van der Waals surface area contributed by atoms with Crippen molar-refractivity contribution in [2.75, 3.05) is 13.1 Å². The van der Waals surface area contributed by atoms with E-state index in [1.807, 2.05) is 45.9 Å². The van der Waals surface area contributed by atoms with Gasteiger partial charge in [-0.25, -0.2) is 4.79 Å². The zero-order valence-corrected chi connectivity index (χ0v) is 26.1. The molecule has 0 aliphatic carbocycles. The number of hydrogen-bond donors (Lipinski definition) is 2. The number of nitrogens with zero attached hydrogens (tertiary/aromatic N) is 1. The molecule has 7 heteroatoms. The number of rotatable bonds is 16. The zero-order valence-electron chi connectivity index (χ0n) is 26.1. The molecule has 2 atom stereocenters. The largest absolute Gasteiger partial charge is 0.444 e. The summed E-state index contributed by atoms with van der Waals surface area (Å²) in [7, 11) is 0. The average Bonchev–Trinajstić information content (AvgIpc) is 2.84. The Morgan fingerprint density at radius 2 is 1.54 bits per heavy atom. The second kappa shape index (κ2) is 17.2. The van der Waals surface area contributed by atoms with E-state index >= 15 is 0 Å². The fourth-order valence-corrected chi connectivity index (χ4v) is 4.56. The van der Waals surface area contributed by atoms with Gasteiger partial charge in [0.05, 0.1) is 0 Å². The second-order valence-electron chi connectivity index (χ2n) is 12.0. The number of ether oxygens (including phenoxy) is 1. The fraction of sp³-hybridized carbons (Fsp3) is 0.719. The summed E-state index contributed by atoms with van der Waals surface area (Å²) in [5.74, 6) is -0.642. The van der Waals surface area contributed by atoms with Gasteiger partial charge in [0.15, 0.2) is 0 Å². The first kappa shape index (κ1) is 34.5. The first-order valence-corrected chi connectivity index (χ1v) is 15.0. The van der Waals surface area contributed by atoms with Crippen LogP contribution < -0.4 is 10.6 Å². The summed E-state index contributed by atoms with van der Waals surface area (Å²) >= 11 is 0. The molecule has 0 radical (unpaired) electrons. The Morgan fingerprint density at radius 3 is 2.13 bits per heavy atom.